The minimum atomic E-state index is -3.59. The molecule has 1 aromatic rings. The van der Waals surface area contributed by atoms with Crippen LogP contribution in [0.2, 0.25) is 0 Å². The molecule has 0 saturated heterocycles. The summed E-state index contributed by atoms with van der Waals surface area (Å²) in [6.07, 6.45) is 3.36. The summed E-state index contributed by atoms with van der Waals surface area (Å²) in [5, 5.41) is 11.4. The predicted octanol–water partition coefficient (Wildman–Crippen LogP) is -0.173. The van der Waals surface area contributed by atoms with Gasteiger partial charge in [-0.05, 0) is 11.6 Å². The van der Waals surface area contributed by atoms with E-state index in [1.54, 1.807) is 24.5 Å². The summed E-state index contributed by atoms with van der Waals surface area (Å²) >= 11 is 0. The Morgan fingerprint density at radius 2 is 2.20 bits per heavy atom. The molecule has 0 saturated carbocycles. The molecule has 20 heavy (non-hydrogen) atoms. The molecule has 1 aromatic heterocycles. The summed E-state index contributed by atoms with van der Waals surface area (Å²) in [7, 11) is -0.687. The molecule has 0 aliphatic heterocycles. The van der Waals surface area contributed by atoms with Crippen LogP contribution in [0.15, 0.2) is 29.7 Å². The van der Waals surface area contributed by atoms with Crippen LogP contribution in [0.5, 0.6) is 0 Å². The number of nitrogens with zero attached hydrogens (tertiary/aromatic N) is 4. The second-order valence-corrected chi connectivity index (χ2v) is 6.47. The lowest BCUT2D eigenvalue weighted by molar-refractivity contribution is 0.314. The molecule has 112 valence electrons. The number of nitrogens with two attached hydrogens (primary N) is 1. The van der Waals surface area contributed by atoms with E-state index in [9.17, 15) is 8.42 Å². The normalized spacial score (nSPS) is 13.1. The highest BCUT2D eigenvalue weighted by Crippen LogP contribution is 2.11. The van der Waals surface area contributed by atoms with Crippen molar-refractivity contribution in [3.05, 3.63) is 30.1 Å². The van der Waals surface area contributed by atoms with E-state index >= 15 is 0 Å². The molecular formula is C11H19N5O3S. The van der Waals surface area contributed by atoms with Gasteiger partial charge in [0.05, 0.1) is 0 Å². The van der Waals surface area contributed by atoms with E-state index < -0.39 is 10.2 Å². The molecule has 0 aliphatic rings. The average molecular weight is 301 g/mol. The molecule has 0 aliphatic carbocycles. The lowest BCUT2D eigenvalue weighted by atomic mass is 10.3. The quantitative estimate of drug-likeness (QED) is 0.314. The van der Waals surface area contributed by atoms with Gasteiger partial charge in [0.2, 0.25) is 0 Å². The molecule has 0 bridgehead atoms. The summed E-state index contributed by atoms with van der Waals surface area (Å²) in [4.78, 5) is 3.95. The number of aromatic nitrogens is 1. The van der Waals surface area contributed by atoms with Crippen molar-refractivity contribution in [2.75, 3.05) is 20.6 Å². The molecule has 0 atom stereocenters. The highest BCUT2D eigenvalue weighted by atomic mass is 32.2. The lowest BCUT2D eigenvalue weighted by Gasteiger charge is -2.25. The van der Waals surface area contributed by atoms with Crippen LogP contribution < -0.4 is 5.73 Å². The highest BCUT2D eigenvalue weighted by molar-refractivity contribution is 7.86. The third kappa shape index (κ3) is 4.44. The zero-order chi connectivity index (χ0) is 15.2. The number of pyridine rings is 1. The molecule has 0 spiro atoms. The summed E-state index contributed by atoms with van der Waals surface area (Å²) in [6.45, 7) is 0.290. The number of oxime groups is 1. The first-order chi connectivity index (χ1) is 9.37. The topological polar surface area (TPSA) is 112 Å². The van der Waals surface area contributed by atoms with E-state index in [0.29, 0.717) is 0 Å². The number of amidine groups is 1. The van der Waals surface area contributed by atoms with Gasteiger partial charge in [-0.3, -0.25) is 4.98 Å². The molecule has 8 nitrogen and oxygen atoms in total. The van der Waals surface area contributed by atoms with Gasteiger partial charge < -0.3 is 10.9 Å². The summed E-state index contributed by atoms with van der Waals surface area (Å²) in [6, 6.07) is 3.52. The van der Waals surface area contributed by atoms with Crippen molar-refractivity contribution in [1.82, 2.24) is 13.6 Å². The van der Waals surface area contributed by atoms with Crippen molar-refractivity contribution in [3.8, 4) is 0 Å². The first-order valence-corrected chi connectivity index (χ1v) is 7.30. The van der Waals surface area contributed by atoms with Gasteiger partial charge in [0.1, 0.15) is 5.84 Å². The first-order valence-electron chi connectivity index (χ1n) is 5.91. The minimum Gasteiger partial charge on any atom is -0.409 e. The van der Waals surface area contributed by atoms with Gasteiger partial charge in [0, 0.05) is 46.0 Å². The fourth-order valence-electron chi connectivity index (χ4n) is 1.49. The fourth-order valence-corrected chi connectivity index (χ4v) is 2.59. The Labute approximate surface area is 118 Å². The molecule has 0 radical (unpaired) electrons. The van der Waals surface area contributed by atoms with Crippen LogP contribution in [0.4, 0.5) is 0 Å². The smallest absolute Gasteiger partial charge is 0.281 e. The van der Waals surface area contributed by atoms with Crippen LogP contribution in [0.25, 0.3) is 0 Å². The lowest BCUT2D eigenvalue weighted by Crippen LogP contribution is -2.41. The van der Waals surface area contributed by atoms with Gasteiger partial charge in [-0.15, -0.1) is 0 Å². The van der Waals surface area contributed by atoms with E-state index in [0.717, 1.165) is 9.87 Å². The minimum absolute atomic E-state index is 0.0184. The van der Waals surface area contributed by atoms with Crippen molar-refractivity contribution in [3.63, 3.8) is 0 Å². The Kier molecular flexibility index (Phi) is 5.86. The molecule has 3 N–H and O–H groups in total. The fraction of sp³-hybridized carbons (Fsp3) is 0.455. The van der Waals surface area contributed by atoms with Crippen LogP contribution in [0.1, 0.15) is 12.0 Å². The average Bonchev–Trinajstić information content (AvgIpc) is 2.43. The highest BCUT2D eigenvalue weighted by Gasteiger charge is 2.24. The number of rotatable bonds is 7. The molecule has 0 aromatic carbocycles. The van der Waals surface area contributed by atoms with E-state index in [4.69, 9.17) is 10.9 Å². The molecule has 9 heteroatoms. The molecule has 0 fully saturated rings. The van der Waals surface area contributed by atoms with E-state index in [2.05, 4.69) is 10.1 Å². The van der Waals surface area contributed by atoms with Crippen molar-refractivity contribution >= 4 is 16.0 Å². The number of hydrogen-bond donors (Lipinski definition) is 2. The van der Waals surface area contributed by atoms with Crippen molar-refractivity contribution in [1.29, 1.82) is 0 Å². The Bertz CT molecular complexity index is 544. The van der Waals surface area contributed by atoms with Gasteiger partial charge in [-0.1, -0.05) is 11.2 Å². The van der Waals surface area contributed by atoms with Crippen molar-refractivity contribution < 1.29 is 13.6 Å². The van der Waals surface area contributed by atoms with Crippen LogP contribution in [0, 0.1) is 0 Å². The summed E-state index contributed by atoms with van der Waals surface area (Å²) in [5.74, 6) is -0.0184. The summed E-state index contributed by atoms with van der Waals surface area (Å²) in [5.41, 5.74) is 6.15. The van der Waals surface area contributed by atoms with Crippen LogP contribution in [-0.2, 0) is 16.8 Å². The van der Waals surface area contributed by atoms with E-state index in [1.807, 2.05) is 0 Å². The molecular weight excluding hydrogens is 282 g/mol. The summed E-state index contributed by atoms with van der Waals surface area (Å²) < 4.78 is 26.8. The van der Waals surface area contributed by atoms with E-state index in [1.165, 1.54) is 18.4 Å². The SMILES string of the molecule is CN(C)S(=O)(=O)N(CC/C(N)=N/O)Cc1cccnc1. The molecule has 1 rings (SSSR count). The second-order valence-electron chi connectivity index (χ2n) is 4.33. The van der Waals surface area contributed by atoms with Crippen molar-refractivity contribution in [2.24, 2.45) is 10.9 Å². The molecule has 0 unspecified atom stereocenters. The number of hydrogen-bond acceptors (Lipinski definition) is 5. The standard InChI is InChI=1S/C11H19N5O3S/c1-15(2)20(18,19)16(7-5-11(12)14-17)9-10-4-3-6-13-8-10/h3-4,6,8,17H,5,7,9H2,1-2H3,(H2,12,14). The largest absolute Gasteiger partial charge is 0.409 e. The zero-order valence-electron chi connectivity index (χ0n) is 11.5. The Hall–Kier alpha value is -1.71. The van der Waals surface area contributed by atoms with Crippen LogP contribution >= 0.6 is 0 Å². The van der Waals surface area contributed by atoms with Crippen molar-refractivity contribution in [2.45, 2.75) is 13.0 Å². The van der Waals surface area contributed by atoms with Gasteiger partial charge in [0.15, 0.2) is 0 Å². The zero-order valence-corrected chi connectivity index (χ0v) is 12.3. The maximum absolute atomic E-state index is 12.2. The second kappa shape index (κ2) is 7.17. The Balaban J connectivity index is 2.90. The van der Waals surface area contributed by atoms with Gasteiger partial charge in [0.25, 0.3) is 10.2 Å². The maximum Gasteiger partial charge on any atom is 0.281 e. The van der Waals surface area contributed by atoms with E-state index in [-0.39, 0.29) is 25.3 Å². The monoisotopic (exact) mass is 301 g/mol. The third-order valence-electron chi connectivity index (χ3n) is 2.62. The Morgan fingerprint density at radius 1 is 1.50 bits per heavy atom. The van der Waals surface area contributed by atoms with Gasteiger partial charge in [-0.25, -0.2) is 0 Å². The molecule has 1 heterocycles. The first kappa shape index (κ1) is 16.3. The maximum atomic E-state index is 12.2. The molecule has 0 amide bonds. The Morgan fingerprint density at radius 3 is 2.70 bits per heavy atom. The van der Waals surface area contributed by atoms with Crippen LogP contribution in [-0.4, -0.2) is 53.7 Å². The van der Waals surface area contributed by atoms with Crippen LogP contribution in [0.3, 0.4) is 0 Å². The third-order valence-corrected chi connectivity index (χ3v) is 4.50. The van der Waals surface area contributed by atoms with Gasteiger partial charge >= 0.3 is 0 Å². The predicted molar refractivity (Wildman–Crippen MR) is 75.3 cm³/mol. The van der Waals surface area contributed by atoms with Gasteiger partial charge in [-0.2, -0.15) is 17.0 Å².